The van der Waals surface area contributed by atoms with Crippen LogP contribution in [0.1, 0.15) is 13.8 Å². The summed E-state index contributed by atoms with van der Waals surface area (Å²) < 4.78 is 38.3. The van der Waals surface area contributed by atoms with E-state index in [4.69, 9.17) is 14.3 Å². The van der Waals surface area contributed by atoms with Gasteiger partial charge in [-0.1, -0.05) is 55.8 Å². The standard InChI is InChI=1S/C10H11BrO2S.C9H11BrO4S.C2H3O.K.H2S/c1-8(12)14-6-5-13-10-4-2-3-9(11)7-10;1-15(11,12)14-6-5-13-9-4-2-3-8(10)7-9;1-2-3;;/h2-4,7H,5-6H2,1H3;2-4,7H,5-6H2,1H3;1H3;;1H2/q;;-1;+1;/p-1. The third-order valence-corrected chi connectivity index (χ3v) is 5.26. The quantitative estimate of drug-likeness (QED) is 0.0978. The number of rotatable bonds is 9. The first-order valence-corrected chi connectivity index (χ1v) is 13.5. The van der Waals surface area contributed by atoms with E-state index < -0.39 is 10.1 Å². The maximum absolute atomic E-state index is 10.6. The smallest absolute Gasteiger partial charge is 0.813 e. The number of thioether (sulfide) groups is 1. The Kier molecular flexibility index (Phi) is 27.5. The number of halogens is 2. The van der Waals surface area contributed by atoms with Gasteiger partial charge in [-0.05, 0) is 36.4 Å². The number of ether oxygens (including phenoxy) is 2. The van der Waals surface area contributed by atoms with Crippen LogP contribution in [0, 0.1) is 0 Å². The first-order chi connectivity index (χ1) is 15.1. The number of carbonyl (C=O) groups excluding carboxylic acids is 2. The van der Waals surface area contributed by atoms with Crippen LogP contribution in [-0.4, -0.2) is 51.6 Å². The second kappa shape index (κ2) is 24.0. The molecule has 0 saturated carbocycles. The van der Waals surface area contributed by atoms with Crippen LogP contribution in [0.15, 0.2) is 57.5 Å². The van der Waals surface area contributed by atoms with Crippen molar-refractivity contribution < 1.29 is 83.0 Å². The van der Waals surface area contributed by atoms with Crippen molar-refractivity contribution in [2.24, 2.45) is 0 Å². The predicted molar refractivity (Wildman–Crippen MR) is 143 cm³/mol. The maximum Gasteiger partial charge on any atom is 1.00 e. The molecular formula is C21H26Br2KO7S3-. The number of benzene rings is 2. The van der Waals surface area contributed by atoms with Crippen LogP contribution in [0.5, 0.6) is 11.5 Å². The topological polar surface area (TPSA) is 96.0 Å². The average molecular weight is 686 g/mol. The second-order valence-corrected chi connectivity index (χ2v) is 10.4. The Hall–Kier alpha value is 0.586. The van der Waals surface area contributed by atoms with Crippen molar-refractivity contribution in [3.63, 3.8) is 0 Å². The maximum atomic E-state index is 10.6. The molecule has 13 heteroatoms. The predicted octanol–water partition coefficient (Wildman–Crippen LogP) is 1.76. The fraction of sp³-hybridized carbons (Fsp3) is 0.333. The van der Waals surface area contributed by atoms with Crippen LogP contribution >= 0.6 is 43.6 Å². The van der Waals surface area contributed by atoms with Crippen molar-refractivity contribution >= 4 is 78.6 Å². The van der Waals surface area contributed by atoms with Crippen molar-refractivity contribution in [2.45, 2.75) is 13.8 Å². The van der Waals surface area contributed by atoms with Gasteiger partial charge in [-0.3, -0.25) is 15.3 Å². The van der Waals surface area contributed by atoms with Gasteiger partial charge < -0.3 is 27.8 Å². The molecule has 0 unspecified atom stereocenters. The van der Waals surface area contributed by atoms with Gasteiger partial charge in [-0.15, -0.1) is 0 Å². The third kappa shape index (κ3) is 25.7. The van der Waals surface area contributed by atoms with Crippen molar-refractivity contribution in [3.8, 4) is 11.5 Å². The van der Waals surface area contributed by atoms with E-state index in [1.807, 2.05) is 36.4 Å². The molecule has 0 aliphatic carbocycles. The Morgan fingerprint density at radius 3 is 1.79 bits per heavy atom. The van der Waals surface area contributed by atoms with E-state index in [2.05, 4.69) is 36.0 Å². The van der Waals surface area contributed by atoms with E-state index in [1.54, 1.807) is 19.1 Å². The summed E-state index contributed by atoms with van der Waals surface area (Å²) in [6.45, 7) is 3.65. The number of hydrogen-bond donors (Lipinski definition) is 0. The van der Waals surface area contributed by atoms with Gasteiger partial charge in [0.1, 0.15) is 24.7 Å². The SMILES string of the molecule is CC(=O)SCCOc1cccc(Br)c1.CS(=O)(=O)OCCOc1cccc(Br)c1.C[C-]=O.[K+].[SH-]. The molecule has 186 valence electrons. The van der Waals surface area contributed by atoms with Gasteiger partial charge in [-0.25, -0.2) is 0 Å². The molecule has 2 aromatic rings. The van der Waals surface area contributed by atoms with Gasteiger partial charge in [0.25, 0.3) is 10.1 Å². The van der Waals surface area contributed by atoms with Crippen LogP contribution in [0.4, 0.5) is 0 Å². The Morgan fingerprint density at radius 1 is 0.971 bits per heavy atom. The fourth-order valence-corrected chi connectivity index (χ4v) is 3.38. The molecule has 34 heavy (non-hydrogen) atoms. The monoisotopic (exact) mass is 683 g/mol. The van der Waals surface area contributed by atoms with E-state index in [0.29, 0.717) is 18.1 Å². The molecule has 0 saturated heterocycles. The van der Waals surface area contributed by atoms with Gasteiger partial charge in [-0.2, -0.15) is 15.3 Å². The summed E-state index contributed by atoms with van der Waals surface area (Å²) in [7, 11) is -3.38. The molecule has 0 aliphatic rings. The zero-order valence-corrected chi connectivity index (χ0v) is 28.1. The fourth-order valence-electron chi connectivity index (χ4n) is 1.80. The molecule has 0 heterocycles. The molecule has 0 aliphatic heterocycles. The Balaban J connectivity index is -0.000000482. The third-order valence-electron chi connectivity index (χ3n) is 2.90. The average Bonchev–Trinajstić information content (AvgIpc) is 2.69. The van der Waals surface area contributed by atoms with Crippen LogP contribution in [0.2, 0.25) is 0 Å². The molecule has 0 fully saturated rings. The summed E-state index contributed by atoms with van der Waals surface area (Å²) in [5, 5.41) is 0.128. The van der Waals surface area contributed by atoms with Crippen molar-refractivity contribution in [1.29, 1.82) is 0 Å². The van der Waals surface area contributed by atoms with Gasteiger partial charge in [0.05, 0.1) is 12.9 Å². The molecule has 0 atom stereocenters. The summed E-state index contributed by atoms with van der Waals surface area (Å²) in [5.41, 5.74) is 0. The minimum Gasteiger partial charge on any atom is -0.813 e. The van der Waals surface area contributed by atoms with Crippen molar-refractivity contribution in [2.75, 3.05) is 31.8 Å². The molecule has 2 rings (SSSR count). The molecule has 0 amide bonds. The van der Waals surface area contributed by atoms with Crippen LogP contribution in [0.3, 0.4) is 0 Å². The Morgan fingerprint density at radius 2 is 1.41 bits per heavy atom. The number of hydrogen-bond acceptors (Lipinski definition) is 9. The molecule has 0 aromatic heterocycles. The second-order valence-electron chi connectivity index (χ2n) is 5.68. The van der Waals surface area contributed by atoms with Gasteiger partial charge in [0.2, 0.25) is 0 Å². The summed E-state index contributed by atoms with van der Waals surface area (Å²) in [5.74, 6) is 2.19. The molecule has 0 spiro atoms. The van der Waals surface area contributed by atoms with Gasteiger partial charge >= 0.3 is 51.4 Å². The minimum absolute atomic E-state index is 0. The normalized spacial score (nSPS) is 9.44. The molecular weight excluding hydrogens is 659 g/mol. The Labute approximate surface area is 272 Å². The summed E-state index contributed by atoms with van der Waals surface area (Å²) >= 11 is 7.93. The zero-order valence-electron chi connectivity index (χ0n) is 19.3. The van der Waals surface area contributed by atoms with E-state index >= 15 is 0 Å². The minimum atomic E-state index is -3.38. The zero-order chi connectivity index (χ0) is 24.4. The molecule has 0 N–H and O–H groups in total. The summed E-state index contributed by atoms with van der Waals surface area (Å²) in [4.78, 5) is 19.3. The van der Waals surface area contributed by atoms with E-state index in [0.717, 1.165) is 21.0 Å². The first kappa shape index (κ1) is 39.1. The number of carbonyl (C=O) groups is 1. The first-order valence-electron chi connectivity index (χ1n) is 9.10. The molecule has 0 radical (unpaired) electrons. The largest absolute Gasteiger partial charge is 1.00 e. The molecule has 7 nitrogen and oxygen atoms in total. The summed E-state index contributed by atoms with van der Waals surface area (Å²) in [6, 6.07) is 14.9. The van der Waals surface area contributed by atoms with Gasteiger partial charge in [0, 0.05) is 21.6 Å². The van der Waals surface area contributed by atoms with E-state index in [-0.39, 0.29) is 83.2 Å². The molecule has 0 bridgehead atoms. The van der Waals surface area contributed by atoms with Crippen LogP contribution in [-0.2, 0) is 37.4 Å². The van der Waals surface area contributed by atoms with Crippen molar-refractivity contribution in [1.82, 2.24) is 0 Å². The van der Waals surface area contributed by atoms with Crippen molar-refractivity contribution in [3.05, 3.63) is 57.5 Å². The van der Waals surface area contributed by atoms with E-state index in [9.17, 15) is 13.2 Å². The molecule has 2 aromatic carbocycles. The van der Waals surface area contributed by atoms with Gasteiger partial charge in [0.15, 0.2) is 5.12 Å². The summed E-state index contributed by atoms with van der Waals surface area (Å²) in [6.07, 6.45) is 2.51. The van der Waals surface area contributed by atoms with Crippen LogP contribution in [0.25, 0.3) is 0 Å². The van der Waals surface area contributed by atoms with Crippen LogP contribution < -0.4 is 60.9 Å². The Bertz CT molecular complexity index is 932. The number of thiol groups is 1. The van der Waals surface area contributed by atoms with E-state index in [1.165, 1.54) is 25.0 Å².